The van der Waals surface area contributed by atoms with E-state index in [1.54, 1.807) is 0 Å². The van der Waals surface area contributed by atoms with Gasteiger partial charge in [-0.15, -0.1) is 10.2 Å². The highest BCUT2D eigenvalue weighted by molar-refractivity contribution is 7.18. The van der Waals surface area contributed by atoms with E-state index in [-0.39, 0.29) is 5.91 Å². The summed E-state index contributed by atoms with van der Waals surface area (Å²) in [6.45, 7) is 2.03. The van der Waals surface area contributed by atoms with E-state index in [4.69, 9.17) is 0 Å². The number of rotatable bonds is 4. The molecule has 110 valence electrons. The molecule has 3 rings (SSSR count). The molecule has 0 spiro atoms. The lowest BCUT2D eigenvalue weighted by Gasteiger charge is -2.01. The number of carbonyl (C=O) groups excluding carboxylic acids is 1. The number of hydrogen-bond acceptors (Lipinski definition) is 4. The summed E-state index contributed by atoms with van der Waals surface area (Å²) >= 11 is 1.38. The molecule has 1 amide bonds. The molecule has 0 aliphatic rings. The standard InChI is InChI=1S/C17H15N3OS/c1-12-7-5-6-10-14(12)16-19-20-17(22-16)18-15(21)11-13-8-3-2-4-9-13/h2-10H,11H2,1H3,(H,18,20,21). The summed E-state index contributed by atoms with van der Waals surface area (Å²) in [5.74, 6) is -0.0846. The fraction of sp³-hybridized carbons (Fsp3) is 0.118. The summed E-state index contributed by atoms with van der Waals surface area (Å²) in [4.78, 5) is 12.0. The van der Waals surface area contributed by atoms with Crippen molar-refractivity contribution in [3.63, 3.8) is 0 Å². The third-order valence-corrected chi connectivity index (χ3v) is 4.13. The molecule has 0 aliphatic carbocycles. The van der Waals surface area contributed by atoms with Gasteiger partial charge in [0, 0.05) is 5.56 Å². The third kappa shape index (κ3) is 3.38. The van der Waals surface area contributed by atoms with Crippen LogP contribution in [-0.4, -0.2) is 16.1 Å². The Morgan fingerprint density at radius 2 is 1.77 bits per heavy atom. The maximum Gasteiger partial charge on any atom is 0.230 e. The van der Waals surface area contributed by atoms with Crippen LogP contribution in [0, 0.1) is 6.92 Å². The van der Waals surface area contributed by atoms with Crippen molar-refractivity contribution in [3.8, 4) is 10.6 Å². The SMILES string of the molecule is Cc1ccccc1-c1nnc(NC(=O)Cc2ccccc2)s1. The van der Waals surface area contributed by atoms with Crippen LogP contribution in [-0.2, 0) is 11.2 Å². The normalized spacial score (nSPS) is 10.4. The Balaban J connectivity index is 1.70. The second kappa shape index (κ2) is 6.49. The Labute approximate surface area is 132 Å². The number of aryl methyl sites for hydroxylation is 1. The minimum Gasteiger partial charge on any atom is -0.300 e. The van der Waals surface area contributed by atoms with Gasteiger partial charge in [0.1, 0.15) is 5.01 Å². The predicted octanol–water partition coefficient (Wildman–Crippen LogP) is 3.69. The Morgan fingerprint density at radius 3 is 2.55 bits per heavy atom. The summed E-state index contributed by atoms with van der Waals surface area (Å²) < 4.78 is 0. The summed E-state index contributed by atoms with van der Waals surface area (Å²) in [7, 11) is 0. The van der Waals surface area contributed by atoms with Gasteiger partial charge in [-0.25, -0.2) is 0 Å². The molecule has 3 aromatic rings. The molecule has 0 fully saturated rings. The topological polar surface area (TPSA) is 54.9 Å². The highest BCUT2D eigenvalue weighted by Gasteiger charge is 2.11. The highest BCUT2D eigenvalue weighted by atomic mass is 32.1. The number of carbonyl (C=O) groups is 1. The van der Waals surface area contributed by atoms with Gasteiger partial charge in [-0.1, -0.05) is 65.9 Å². The van der Waals surface area contributed by atoms with E-state index >= 15 is 0 Å². The van der Waals surface area contributed by atoms with E-state index in [1.165, 1.54) is 11.3 Å². The molecule has 1 N–H and O–H groups in total. The minimum atomic E-state index is -0.0846. The van der Waals surface area contributed by atoms with E-state index in [2.05, 4.69) is 15.5 Å². The van der Waals surface area contributed by atoms with Crippen LogP contribution in [0.4, 0.5) is 5.13 Å². The summed E-state index contributed by atoms with van der Waals surface area (Å²) in [5.41, 5.74) is 3.16. The van der Waals surface area contributed by atoms with E-state index in [0.29, 0.717) is 11.6 Å². The van der Waals surface area contributed by atoms with Crippen molar-refractivity contribution in [2.24, 2.45) is 0 Å². The first-order chi connectivity index (χ1) is 10.7. The molecule has 0 bridgehead atoms. The van der Waals surface area contributed by atoms with Gasteiger partial charge < -0.3 is 5.32 Å². The molecule has 4 nitrogen and oxygen atoms in total. The predicted molar refractivity (Wildman–Crippen MR) is 88.9 cm³/mol. The maximum absolute atomic E-state index is 12.0. The number of amides is 1. The first-order valence-corrected chi connectivity index (χ1v) is 7.77. The summed E-state index contributed by atoms with van der Waals surface area (Å²) in [5, 5.41) is 12.4. The summed E-state index contributed by atoms with van der Waals surface area (Å²) in [6, 6.07) is 17.6. The molecule has 2 aromatic carbocycles. The van der Waals surface area contributed by atoms with E-state index in [9.17, 15) is 4.79 Å². The molecule has 0 radical (unpaired) electrons. The number of anilines is 1. The molecule has 0 unspecified atom stereocenters. The first kappa shape index (κ1) is 14.4. The quantitative estimate of drug-likeness (QED) is 0.799. The molecule has 0 atom stereocenters. The Morgan fingerprint density at radius 1 is 1.05 bits per heavy atom. The molecule has 0 saturated carbocycles. The summed E-state index contributed by atoms with van der Waals surface area (Å²) in [6.07, 6.45) is 0.333. The van der Waals surface area contributed by atoms with Crippen molar-refractivity contribution < 1.29 is 4.79 Å². The van der Waals surface area contributed by atoms with Gasteiger partial charge in [0.2, 0.25) is 11.0 Å². The fourth-order valence-electron chi connectivity index (χ4n) is 2.14. The van der Waals surface area contributed by atoms with Gasteiger partial charge >= 0.3 is 0 Å². The van der Waals surface area contributed by atoms with Gasteiger partial charge in [0.15, 0.2) is 0 Å². The highest BCUT2D eigenvalue weighted by Crippen LogP contribution is 2.28. The maximum atomic E-state index is 12.0. The van der Waals surface area contributed by atoms with Crippen LogP contribution < -0.4 is 5.32 Å². The number of nitrogens with one attached hydrogen (secondary N) is 1. The lowest BCUT2D eigenvalue weighted by Crippen LogP contribution is -2.14. The molecular formula is C17H15N3OS. The van der Waals surface area contributed by atoms with Crippen LogP contribution in [0.1, 0.15) is 11.1 Å². The molecule has 1 aromatic heterocycles. The number of benzene rings is 2. The number of nitrogens with zero attached hydrogens (tertiary/aromatic N) is 2. The van der Waals surface area contributed by atoms with Gasteiger partial charge in [0.25, 0.3) is 0 Å². The van der Waals surface area contributed by atoms with E-state index in [1.807, 2.05) is 61.5 Å². The van der Waals surface area contributed by atoms with E-state index < -0.39 is 0 Å². The average Bonchev–Trinajstić information content (AvgIpc) is 2.97. The molecule has 0 aliphatic heterocycles. The molecule has 5 heteroatoms. The number of hydrogen-bond donors (Lipinski definition) is 1. The zero-order valence-electron chi connectivity index (χ0n) is 12.1. The van der Waals surface area contributed by atoms with Crippen molar-refractivity contribution in [3.05, 3.63) is 65.7 Å². The van der Waals surface area contributed by atoms with Gasteiger partial charge in [0.05, 0.1) is 6.42 Å². The molecule has 22 heavy (non-hydrogen) atoms. The molecule has 1 heterocycles. The van der Waals surface area contributed by atoms with Crippen LogP contribution in [0.3, 0.4) is 0 Å². The van der Waals surface area contributed by atoms with Crippen LogP contribution in [0.2, 0.25) is 0 Å². The Hall–Kier alpha value is -2.53. The van der Waals surface area contributed by atoms with Crippen molar-refractivity contribution in [2.45, 2.75) is 13.3 Å². The van der Waals surface area contributed by atoms with Crippen LogP contribution in [0.5, 0.6) is 0 Å². The zero-order chi connectivity index (χ0) is 15.4. The lowest BCUT2D eigenvalue weighted by molar-refractivity contribution is -0.115. The van der Waals surface area contributed by atoms with Crippen LogP contribution in [0.25, 0.3) is 10.6 Å². The van der Waals surface area contributed by atoms with Crippen LogP contribution >= 0.6 is 11.3 Å². The monoisotopic (exact) mass is 309 g/mol. The van der Waals surface area contributed by atoms with Crippen molar-refractivity contribution in [1.82, 2.24) is 10.2 Å². The second-order valence-electron chi connectivity index (χ2n) is 4.94. The van der Waals surface area contributed by atoms with Gasteiger partial charge in [-0.05, 0) is 18.1 Å². The van der Waals surface area contributed by atoms with Gasteiger partial charge in [-0.3, -0.25) is 4.79 Å². The molecule has 0 saturated heterocycles. The average molecular weight is 309 g/mol. The van der Waals surface area contributed by atoms with Crippen molar-refractivity contribution in [1.29, 1.82) is 0 Å². The third-order valence-electron chi connectivity index (χ3n) is 3.25. The van der Waals surface area contributed by atoms with Crippen molar-refractivity contribution in [2.75, 3.05) is 5.32 Å². The lowest BCUT2D eigenvalue weighted by atomic mass is 10.1. The smallest absolute Gasteiger partial charge is 0.230 e. The largest absolute Gasteiger partial charge is 0.300 e. The first-order valence-electron chi connectivity index (χ1n) is 6.95. The molecular weight excluding hydrogens is 294 g/mol. The second-order valence-corrected chi connectivity index (χ2v) is 5.92. The van der Waals surface area contributed by atoms with E-state index in [0.717, 1.165) is 21.7 Å². The minimum absolute atomic E-state index is 0.0846. The fourth-order valence-corrected chi connectivity index (χ4v) is 2.99. The van der Waals surface area contributed by atoms with Crippen molar-refractivity contribution >= 4 is 22.4 Å². The number of aromatic nitrogens is 2. The Bertz CT molecular complexity index is 783. The zero-order valence-corrected chi connectivity index (χ0v) is 12.9. The van der Waals surface area contributed by atoms with Crippen LogP contribution in [0.15, 0.2) is 54.6 Å². The Kier molecular flexibility index (Phi) is 4.25. The van der Waals surface area contributed by atoms with Gasteiger partial charge in [-0.2, -0.15) is 0 Å².